The van der Waals surface area contributed by atoms with Crippen molar-refractivity contribution < 1.29 is 13.2 Å². The van der Waals surface area contributed by atoms with Crippen LogP contribution in [0.3, 0.4) is 0 Å². The minimum absolute atomic E-state index is 0.323. The summed E-state index contributed by atoms with van der Waals surface area (Å²) >= 11 is 0. The third-order valence-electron chi connectivity index (χ3n) is 1.74. The van der Waals surface area contributed by atoms with Gasteiger partial charge in [-0.2, -0.15) is 0 Å². The van der Waals surface area contributed by atoms with Crippen LogP contribution >= 0.6 is 0 Å². The van der Waals surface area contributed by atoms with Crippen LogP contribution in [0, 0.1) is 5.92 Å². The highest BCUT2D eigenvalue weighted by atomic mass is 32.2. The van der Waals surface area contributed by atoms with Gasteiger partial charge in [-0.25, -0.2) is 13.1 Å². The van der Waals surface area contributed by atoms with Crippen molar-refractivity contribution in [2.75, 3.05) is 19.8 Å². The zero-order valence-corrected chi connectivity index (χ0v) is 8.23. The average molecular weight is 193 g/mol. The van der Waals surface area contributed by atoms with Crippen LogP contribution < -0.4 is 4.72 Å². The van der Waals surface area contributed by atoms with Crippen LogP contribution in [-0.2, 0) is 14.8 Å². The summed E-state index contributed by atoms with van der Waals surface area (Å²) in [4.78, 5) is 0. The van der Waals surface area contributed by atoms with Crippen LogP contribution in [0.2, 0.25) is 0 Å². The molecule has 0 aromatic rings. The fraction of sp³-hybridized carbons (Fsp3) is 1.00. The van der Waals surface area contributed by atoms with E-state index in [0.29, 0.717) is 25.7 Å². The summed E-state index contributed by atoms with van der Waals surface area (Å²) in [7, 11) is -3.09. The van der Waals surface area contributed by atoms with Gasteiger partial charge in [0.25, 0.3) is 0 Å². The van der Waals surface area contributed by atoms with E-state index in [2.05, 4.69) is 4.72 Å². The molecule has 1 fully saturated rings. The lowest BCUT2D eigenvalue weighted by atomic mass is 10.2. The predicted molar refractivity (Wildman–Crippen MR) is 46.4 cm³/mol. The van der Waals surface area contributed by atoms with E-state index in [9.17, 15) is 8.42 Å². The van der Waals surface area contributed by atoms with E-state index in [1.54, 1.807) is 0 Å². The number of ether oxygens (including phenoxy) is 1. The van der Waals surface area contributed by atoms with Gasteiger partial charge in [0.05, 0.1) is 13.2 Å². The van der Waals surface area contributed by atoms with E-state index in [-0.39, 0.29) is 5.25 Å². The molecular formula is C7H15NO3S. The third kappa shape index (κ3) is 2.43. The molecule has 1 heterocycles. The van der Waals surface area contributed by atoms with Crippen molar-refractivity contribution in [3.05, 3.63) is 0 Å². The molecule has 0 saturated carbocycles. The van der Waals surface area contributed by atoms with Crippen LogP contribution in [0.4, 0.5) is 0 Å². The van der Waals surface area contributed by atoms with E-state index in [0.717, 1.165) is 0 Å². The molecule has 0 atom stereocenters. The maximum atomic E-state index is 11.3. The topological polar surface area (TPSA) is 55.4 Å². The second-order valence-corrected chi connectivity index (χ2v) is 5.49. The Labute approximate surface area is 73.3 Å². The summed E-state index contributed by atoms with van der Waals surface area (Å²) in [6.45, 7) is 5.14. The first kappa shape index (κ1) is 9.95. The summed E-state index contributed by atoms with van der Waals surface area (Å²) in [6.07, 6.45) is 0. The molecule has 12 heavy (non-hydrogen) atoms. The Bertz CT molecular complexity index is 231. The zero-order chi connectivity index (χ0) is 9.19. The molecule has 0 aromatic carbocycles. The number of nitrogens with one attached hydrogen (secondary N) is 1. The molecule has 0 unspecified atom stereocenters. The van der Waals surface area contributed by atoms with Gasteiger partial charge in [0.1, 0.15) is 5.25 Å². The average Bonchev–Trinajstić information content (AvgIpc) is 1.78. The standard InChI is InChI=1S/C7H15NO3S/c1-6(2)3-8-12(9,10)7-4-11-5-7/h6-8H,3-5H2,1-2H3. The van der Waals surface area contributed by atoms with Crippen molar-refractivity contribution in [1.82, 2.24) is 4.72 Å². The molecule has 0 spiro atoms. The van der Waals surface area contributed by atoms with E-state index in [1.807, 2.05) is 13.8 Å². The fourth-order valence-corrected chi connectivity index (χ4v) is 2.15. The van der Waals surface area contributed by atoms with Gasteiger partial charge in [-0.3, -0.25) is 0 Å². The predicted octanol–water partition coefficient (Wildman–Crippen LogP) is -0.0394. The molecule has 1 rings (SSSR count). The SMILES string of the molecule is CC(C)CNS(=O)(=O)C1COC1. The minimum Gasteiger partial charge on any atom is -0.378 e. The Morgan fingerprint density at radius 2 is 2.08 bits per heavy atom. The van der Waals surface area contributed by atoms with Gasteiger partial charge in [-0.1, -0.05) is 13.8 Å². The van der Waals surface area contributed by atoms with Crippen LogP contribution in [-0.4, -0.2) is 33.4 Å². The summed E-state index contributed by atoms with van der Waals surface area (Å²) in [6, 6.07) is 0. The van der Waals surface area contributed by atoms with Crippen LogP contribution in [0.1, 0.15) is 13.8 Å². The second-order valence-electron chi connectivity index (χ2n) is 3.45. The summed E-state index contributed by atoms with van der Waals surface area (Å²) in [5.74, 6) is 0.348. The van der Waals surface area contributed by atoms with Gasteiger partial charge in [0, 0.05) is 6.54 Å². The Morgan fingerprint density at radius 1 is 1.50 bits per heavy atom. The lowest BCUT2D eigenvalue weighted by Gasteiger charge is -2.26. The van der Waals surface area contributed by atoms with Crippen molar-refractivity contribution in [1.29, 1.82) is 0 Å². The van der Waals surface area contributed by atoms with E-state index >= 15 is 0 Å². The monoisotopic (exact) mass is 193 g/mol. The number of rotatable bonds is 4. The number of hydrogen-bond acceptors (Lipinski definition) is 3. The molecule has 5 heteroatoms. The molecule has 1 aliphatic rings. The Hall–Kier alpha value is -0.130. The quantitative estimate of drug-likeness (QED) is 0.681. The molecule has 0 radical (unpaired) electrons. The Balaban J connectivity index is 2.38. The molecule has 0 amide bonds. The van der Waals surface area contributed by atoms with Gasteiger partial charge in [-0.05, 0) is 5.92 Å². The van der Waals surface area contributed by atoms with Crippen molar-refractivity contribution in [3.63, 3.8) is 0 Å². The molecule has 1 aliphatic heterocycles. The van der Waals surface area contributed by atoms with Crippen molar-refractivity contribution in [2.45, 2.75) is 19.1 Å². The highest BCUT2D eigenvalue weighted by molar-refractivity contribution is 7.90. The first-order valence-corrected chi connectivity index (χ1v) is 5.63. The zero-order valence-electron chi connectivity index (χ0n) is 7.41. The molecule has 4 nitrogen and oxygen atoms in total. The molecule has 1 N–H and O–H groups in total. The second kappa shape index (κ2) is 3.72. The molecule has 0 aliphatic carbocycles. The van der Waals surface area contributed by atoms with Crippen molar-refractivity contribution in [2.24, 2.45) is 5.92 Å². The first-order chi connectivity index (χ1) is 5.52. The van der Waals surface area contributed by atoms with Crippen LogP contribution in [0.5, 0.6) is 0 Å². The van der Waals surface area contributed by atoms with Gasteiger partial charge in [0.15, 0.2) is 0 Å². The largest absolute Gasteiger partial charge is 0.378 e. The number of hydrogen-bond donors (Lipinski definition) is 1. The van der Waals surface area contributed by atoms with Gasteiger partial charge in [-0.15, -0.1) is 0 Å². The highest BCUT2D eigenvalue weighted by Crippen LogP contribution is 2.10. The molecule has 1 saturated heterocycles. The van der Waals surface area contributed by atoms with Crippen molar-refractivity contribution >= 4 is 10.0 Å². The molecule has 0 aromatic heterocycles. The summed E-state index contributed by atoms with van der Waals surface area (Å²) in [5, 5.41) is -0.323. The normalized spacial score (nSPS) is 19.6. The maximum absolute atomic E-state index is 11.3. The molecule has 72 valence electrons. The molecular weight excluding hydrogens is 178 g/mol. The van der Waals surface area contributed by atoms with Gasteiger partial charge in [0.2, 0.25) is 10.0 Å². The van der Waals surface area contributed by atoms with E-state index < -0.39 is 10.0 Å². The van der Waals surface area contributed by atoms with E-state index in [4.69, 9.17) is 4.74 Å². The van der Waals surface area contributed by atoms with Crippen molar-refractivity contribution in [3.8, 4) is 0 Å². The third-order valence-corrected chi connectivity index (χ3v) is 3.46. The van der Waals surface area contributed by atoms with E-state index in [1.165, 1.54) is 0 Å². The number of sulfonamides is 1. The van der Waals surface area contributed by atoms with Gasteiger partial charge >= 0.3 is 0 Å². The maximum Gasteiger partial charge on any atom is 0.219 e. The van der Waals surface area contributed by atoms with Crippen LogP contribution in [0.25, 0.3) is 0 Å². The fourth-order valence-electron chi connectivity index (χ4n) is 0.794. The summed E-state index contributed by atoms with van der Waals surface area (Å²) in [5.41, 5.74) is 0. The molecule has 0 bridgehead atoms. The lowest BCUT2D eigenvalue weighted by Crippen LogP contribution is -2.47. The van der Waals surface area contributed by atoms with Crippen LogP contribution in [0.15, 0.2) is 0 Å². The Kier molecular flexibility index (Phi) is 3.09. The first-order valence-electron chi connectivity index (χ1n) is 4.08. The lowest BCUT2D eigenvalue weighted by molar-refractivity contribution is 0.0411. The highest BCUT2D eigenvalue weighted by Gasteiger charge is 2.31. The Morgan fingerprint density at radius 3 is 2.42 bits per heavy atom. The smallest absolute Gasteiger partial charge is 0.219 e. The van der Waals surface area contributed by atoms with Gasteiger partial charge < -0.3 is 4.74 Å². The summed E-state index contributed by atoms with van der Waals surface area (Å²) < 4.78 is 30.0. The minimum atomic E-state index is -3.09.